The Balaban J connectivity index is 1.55. The molecule has 0 saturated carbocycles. The van der Waals surface area contributed by atoms with Gasteiger partial charge in [-0.25, -0.2) is 13.4 Å². The molecule has 0 saturated heterocycles. The van der Waals surface area contributed by atoms with Crippen LogP contribution in [0, 0.1) is 0 Å². The minimum Gasteiger partial charge on any atom is -0.497 e. The van der Waals surface area contributed by atoms with E-state index in [2.05, 4.69) is 15.0 Å². The lowest BCUT2D eigenvalue weighted by atomic mass is 10.2. The summed E-state index contributed by atoms with van der Waals surface area (Å²) in [6.07, 6.45) is -1.16. The maximum absolute atomic E-state index is 12.5. The maximum atomic E-state index is 12.5. The molecule has 0 aliphatic carbocycles. The van der Waals surface area contributed by atoms with Gasteiger partial charge >= 0.3 is 5.97 Å². The Morgan fingerprint density at radius 3 is 2.33 bits per heavy atom. The molecular formula is C22H23N3O6S2. The first kappa shape index (κ1) is 24.4. The monoisotopic (exact) mass is 489 g/mol. The number of carbonyl (C=O) groups is 2. The summed E-state index contributed by atoms with van der Waals surface area (Å²) >= 11 is 1.24. The Morgan fingerprint density at radius 2 is 1.70 bits per heavy atom. The van der Waals surface area contributed by atoms with Crippen molar-refractivity contribution in [1.82, 2.24) is 9.71 Å². The predicted octanol–water partition coefficient (Wildman–Crippen LogP) is 3.06. The highest BCUT2D eigenvalue weighted by atomic mass is 32.2. The van der Waals surface area contributed by atoms with E-state index in [9.17, 15) is 18.0 Å². The molecule has 9 nitrogen and oxygen atoms in total. The average molecular weight is 490 g/mol. The van der Waals surface area contributed by atoms with Crippen LogP contribution in [0.4, 0.5) is 5.13 Å². The Bertz CT molecular complexity index is 1210. The number of rotatable bonds is 9. The molecule has 0 bridgehead atoms. The molecule has 0 radical (unpaired) electrons. The van der Waals surface area contributed by atoms with Crippen molar-refractivity contribution < 1.29 is 27.5 Å². The number of aromatic nitrogens is 1. The van der Waals surface area contributed by atoms with Gasteiger partial charge in [-0.05, 0) is 38.1 Å². The molecule has 2 N–H and O–H groups in total. The molecule has 0 aliphatic heterocycles. The summed E-state index contributed by atoms with van der Waals surface area (Å²) in [6.45, 7) is 2.73. The number of anilines is 1. The Labute approximate surface area is 195 Å². The fourth-order valence-corrected chi connectivity index (χ4v) is 4.63. The highest BCUT2D eigenvalue weighted by Gasteiger charge is 2.27. The van der Waals surface area contributed by atoms with Crippen molar-refractivity contribution >= 4 is 38.4 Å². The third-order valence-electron chi connectivity index (χ3n) is 4.52. The second-order valence-corrected chi connectivity index (χ2v) is 9.56. The predicted molar refractivity (Wildman–Crippen MR) is 125 cm³/mol. The first-order valence-electron chi connectivity index (χ1n) is 9.88. The number of hydrogen-bond donors (Lipinski definition) is 2. The van der Waals surface area contributed by atoms with Crippen molar-refractivity contribution in [2.24, 2.45) is 0 Å². The van der Waals surface area contributed by atoms with E-state index in [1.165, 1.54) is 56.6 Å². The molecule has 1 unspecified atom stereocenters. The smallest absolute Gasteiger partial charge is 0.324 e. The first-order chi connectivity index (χ1) is 15.7. The largest absolute Gasteiger partial charge is 0.497 e. The van der Waals surface area contributed by atoms with Gasteiger partial charge in [0.1, 0.15) is 11.8 Å². The summed E-state index contributed by atoms with van der Waals surface area (Å²) in [5, 5.41) is 4.76. The van der Waals surface area contributed by atoms with Crippen molar-refractivity contribution in [3.05, 3.63) is 60.0 Å². The van der Waals surface area contributed by atoms with Gasteiger partial charge in [0.2, 0.25) is 10.0 Å². The van der Waals surface area contributed by atoms with Crippen LogP contribution >= 0.6 is 11.3 Å². The summed E-state index contributed by atoms with van der Waals surface area (Å²) in [6, 6.07) is 14.0. The van der Waals surface area contributed by atoms with E-state index in [1.807, 2.05) is 30.3 Å². The first-order valence-corrected chi connectivity index (χ1v) is 12.2. The van der Waals surface area contributed by atoms with Gasteiger partial charge in [0, 0.05) is 10.9 Å². The van der Waals surface area contributed by atoms with Gasteiger partial charge in [0.05, 0.1) is 17.7 Å². The van der Waals surface area contributed by atoms with Gasteiger partial charge < -0.3 is 9.47 Å². The zero-order valence-corrected chi connectivity index (χ0v) is 19.8. The summed E-state index contributed by atoms with van der Waals surface area (Å²) in [5.41, 5.74) is 1.62. The van der Waals surface area contributed by atoms with Gasteiger partial charge in [0.15, 0.2) is 11.2 Å². The molecule has 174 valence electrons. The van der Waals surface area contributed by atoms with E-state index in [-0.39, 0.29) is 4.90 Å². The lowest BCUT2D eigenvalue weighted by Crippen LogP contribution is -2.42. The van der Waals surface area contributed by atoms with E-state index in [1.54, 1.807) is 5.38 Å². The molecule has 11 heteroatoms. The highest BCUT2D eigenvalue weighted by molar-refractivity contribution is 7.89. The van der Waals surface area contributed by atoms with Gasteiger partial charge in [-0.3, -0.25) is 14.9 Å². The summed E-state index contributed by atoms with van der Waals surface area (Å²) in [7, 11) is -2.51. The van der Waals surface area contributed by atoms with Crippen molar-refractivity contribution in [1.29, 1.82) is 0 Å². The van der Waals surface area contributed by atoms with Crippen molar-refractivity contribution in [2.45, 2.75) is 30.9 Å². The Hall–Kier alpha value is -3.28. The summed E-state index contributed by atoms with van der Waals surface area (Å²) in [5.74, 6) is -0.973. The van der Waals surface area contributed by atoms with Crippen LogP contribution in [-0.4, -0.2) is 44.5 Å². The molecule has 1 amide bonds. The molecule has 0 spiro atoms. The molecule has 0 fully saturated rings. The van der Waals surface area contributed by atoms with Crippen LogP contribution in [0.15, 0.2) is 64.9 Å². The number of amides is 1. The number of nitrogens with one attached hydrogen (secondary N) is 2. The third-order valence-corrected chi connectivity index (χ3v) is 6.84. The van der Waals surface area contributed by atoms with E-state index in [0.717, 1.165) is 5.56 Å². The fourth-order valence-electron chi connectivity index (χ4n) is 2.71. The molecule has 3 aromatic rings. The number of esters is 1. The third kappa shape index (κ3) is 6.37. The number of methoxy groups -OCH3 is 1. The van der Waals surface area contributed by atoms with Gasteiger partial charge in [0.25, 0.3) is 5.91 Å². The van der Waals surface area contributed by atoms with Crippen LogP contribution in [0.5, 0.6) is 5.75 Å². The number of thiazole rings is 1. The van der Waals surface area contributed by atoms with Crippen LogP contribution in [-0.2, 0) is 24.3 Å². The number of nitrogens with zero attached hydrogens (tertiary/aromatic N) is 1. The highest BCUT2D eigenvalue weighted by Crippen LogP contribution is 2.24. The SMILES string of the molecule is COc1ccc(S(=O)(=O)N[C@@H](C)C(=O)OC(C)C(=O)Nc2nc(-c3ccccc3)cs2)cc1. The minimum absolute atomic E-state index is 0.0354. The topological polar surface area (TPSA) is 124 Å². The van der Waals surface area contributed by atoms with E-state index >= 15 is 0 Å². The van der Waals surface area contributed by atoms with Crippen LogP contribution in [0.2, 0.25) is 0 Å². The second-order valence-electron chi connectivity index (χ2n) is 6.99. The Morgan fingerprint density at radius 1 is 1.03 bits per heavy atom. The zero-order valence-electron chi connectivity index (χ0n) is 18.1. The van der Waals surface area contributed by atoms with Crippen LogP contribution in [0.25, 0.3) is 11.3 Å². The van der Waals surface area contributed by atoms with Gasteiger partial charge in [-0.15, -0.1) is 11.3 Å². The molecule has 1 aromatic heterocycles. The zero-order chi connectivity index (χ0) is 24.0. The number of ether oxygens (including phenoxy) is 2. The molecule has 1 heterocycles. The van der Waals surface area contributed by atoms with Crippen molar-refractivity contribution in [3.63, 3.8) is 0 Å². The van der Waals surface area contributed by atoms with Crippen molar-refractivity contribution in [2.75, 3.05) is 12.4 Å². The number of benzene rings is 2. The number of carbonyl (C=O) groups excluding carboxylic acids is 2. The molecule has 0 aliphatic rings. The molecule has 33 heavy (non-hydrogen) atoms. The summed E-state index contributed by atoms with van der Waals surface area (Å²) in [4.78, 5) is 29.1. The average Bonchev–Trinajstić information content (AvgIpc) is 3.27. The standard InChI is InChI=1S/C22H23N3O6S2/c1-14(25-33(28,29)18-11-9-17(30-3)10-12-18)21(27)31-15(2)20(26)24-22-23-19(13-32-22)16-7-5-4-6-8-16/h4-15,25H,1-3H3,(H,23,24,26)/t14-,15?/m0/s1. The lowest BCUT2D eigenvalue weighted by molar-refractivity contribution is -0.154. The number of hydrogen-bond acceptors (Lipinski definition) is 8. The van der Waals surface area contributed by atoms with Crippen molar-refractivity contribution in [3.8, 4) is 17.0 Å². The van der Waals surface area contributed by atoms with E-state index < -0.39 is 34.0 Å². The number of sulfonamides is 1. The quantitative estimate of drug-likeness (QED) is 0.443. The Kier molecular flexibility index (Phi) is 7.79. The van der Waals surface area contributed by atoms with Crippen LogP contribution in [0.3, 0.4) is 0 Å². The van der Waals surface area contributed by atoms with E-state index in [0.29, 0.717) is 16.6 Å². The molecule has 2 atom stereocenters. The fraction of sp³-hybridized carbons (Fsp3) is 0.227. The second kappa shape index (κ2) is 10.6. The molecular weight excluding hydrogens is 466 g/mol. The molecule has 2 aromatic carbocycles. The van der Waals surface area contributed by atoms with E-state index in [4.69, 9.17) is 9.47 Å². The van der Waals surface area contributed by atoms with Gasteiger partial charge in [-0.2, -0.15) is 4.72 Å². The van der Waals surface area contributed by atoms with Gasteiger partial charge in [-0.1, -0.05) is 30.3 Å². The molecule has 3 rings (SSSR count). The summed E-state index contributed by atoms with van der Waals surface area (Å²) < 4.78 is 37.3. The minimum atomic E-state index is -3.97. The van der Waals surface area contributed by atoms with Crippen LogP contribution in [0.1, 0.15) is 13.8 Å². The van der Waals surface area contributed by atoms with Crippen LogP contribution < -0.4 is 14.8 Å². The maximum Gasteiger partial charge on any atom is 0.324 e. The lowest BCUT2D eigenvalue weighted by Gasteiger charge is -2.17. The normalized spacial score (nSPS) is 13.1.